The second kappa shape index (κ2) is 6.89. The van der Waals surface area contributed by atoms with E-state index >= 15 is 0 Å². The number of methoxy groups -OCH3 is 1. The van der Waals surface area contributed by atoms with Crippen LogP contribution in [0.3, 0.4) is 0 Å². The van der Waals surface area contributed by atoms with Crippen LogP contribution in [-0.4, -0.2) is 26.7 Å². The Morgan fingerprint density at radius 2 is 1.86 bits per heavy atom. The van der Waals surface area contributed by atoms with E-state index in [1.165, 1.54) is 19.3 Å². The standard InChI is InChI=1S/C16H20O4S/c1-20-16(17)12-11-13-7-5-6-10-15(13)21(18,19)14-8-3-2-4-9-14/h5-7,10-12,14H,2-4,8-9H2,1H3/b12-11+. The number of carbonyl (C=O) groups excluding carboxylic acids is 1. The van der Waals surface area contributed by atoms with Gasteiger partial charge in [0.15, 0.2) is 9.84 Å². The lowest BCUT2D eigenvalue weighted by Crippen LogP contribution is -2.24. The summed E-state index contributed by atoms with van der Waals surface area (Å²) in [5.41, 5.74) is 0.536. The minimum Gasteiger partial charge on any atom is -0.466 e. The third-order valence-electron chi connectivity index (χ3n) is 3.82. The summed E-state index contributed by atoms with van der Waals surface area (Å²) in [6.45, 7) is 0. The Bertz CT molecular complexity index is 625. The number of esters is 1. The highest BCUT2D eigenvalue weighted by molar-refractivity contribution is 7.92. The zero-order valence-corrected chi connectivity index (χ0v) is 12.9. The number of sulfone groups is 1. The zero-order valence-electron chi connectivity index (χ0n) is 12.1. The van der Waals surface area contributed by atoms with Gasteiger partial charge in [-0.25, -0.2) is 13.2 Å². The van der Waals surface area contributed by atoms with Crippen molar-refractivity contribution in [2.45, 2.75) is 42.2 Å². The molecule has 0 aromatic heterocycles. The molecule has 1 fully saturated rings. The lowest BCUT2D eigenvalue weighted by molar-refractivity contribution is -0.134. The molecule has 1 aliphatic carbocycles. The van der Waals surface area contributed by atoms with E-state index in [9.17, 15) is 13.2 Å². The molecule has 4 nitrogen and oxygen atoms in total. The van der Waals surface area contributed by atoms with Crippen molar-refractivity contribution in [3.8, 4) is 0 Å². The van der Waals surface area contributed by atoms with Crippen LogP contribution < -0.4 is 0 Å². The van der Waals surface area contributed by atoms with E-state index < -0.39 is 15.8 Å². The van der Waals surface area contributed by atoms with Crippen molar-refractivity contribution >= 4 is 21.9 Å². The molecule has 0 unspecified atom stereocenters. The van der Waals surface area contributed by atoms with Crippen molar-refractivity contribution in [3.05, 3.63) is 35.9 Å². The number of rotatable bonds is 4. The largest absolute Gasteiger partial charge is 0.466 e. The Labute approximate surface area is 125 Å². The highest BCUT2D eigenvalue weighted by Gasteiger charge is 2.30. The molecule has 5 heteroatoms. The van der Waals surface area contributed by atoms with E-state index in [0.29, 0.717) is 10.5 Å². The van der Waals surface area contributed by atoms with E-state index in [4.69, 9.17) is 0 Å². The van der Waals surface area contributed by atoms with Crippen molar-refractivity contribution in [2.75, 3.05) is 7.11 Å². The summed E-state index contributed by atoms with van der Waals surface area (Å²) in [4.78, 5) is 11.5. The van der Waals surface area contributed by atoms with Gasteiger partial charge >= 0.3 is 5.97 Å². The first kappa shape index (κ1) is 15.8. The van der Waals surface area contributed by atoms with Crippen molar-refractivity contribution < 1.29 is 17.9 Å². The minimum atomic E-state index is -3.35. The molecule has 0 aliphatic heterocycles. The van der Waals surface area contributed by atoms with E-state index in [1.807, 2.05) is 0 Å². The summed E-state index contributed by atoms with van der Waals surface area (Å²) in [6.07, 6.45) is 7.22. The van der Waals surface area contributed by atoms with Gasteiger partial charge in [-0.1, -0.05) is 37.5 Å². The third kappa shape index (κ3) is 3.73. The predicted molar refractivity (Wildman–Crippen MR) is 81.6 cm³/mol. The molecule has 21 heavy (non-hydrogen) atoms. The molecule has 1 saturated carbocycles. The Kier molecular flexibility index (Phi) is 5.17. The van der Waals surface area contributed by atoms with Crippen molar-refractivity contribution in [1.29, 1.82) is 0 Å². The molecule has 1 aromatic rings. The summed E-state index contributed by atoms with van der Waals surface area (Å²) in [5, 5.41) is -0.307. The maximum atomic E-state index is 12.8. The Morgan fingerprint density at radius 1 is 1.19 bits per heavy atom. The molecule has 1 aliphatic rings. The Balaban J connectivity index is 2.34. The number of benzene rings is 1. The maximum absolute atomic E-state index is 12.8. The molecule has 0 saturated heterocycles. The van der Waals surface area contributed by atoms with Gasteiger partial charge in [0.25, 0.3) is 0 Å². The van der Waals surface area contributed by atoms with Gasteiger partial charge in [-0.3, -0.25) is 0 Å². The molecule has 114 valence electrons. The van der Waals surface area contributed by atoms with Gasteiger partial charge in [0.1, 0.15) is 0 Å². The first-order valence-electron chi connectivity index (χ1n) is 7.14. The molecule has 0 atom stereocenters. The number of hydrogen-bond donors (Lipinski definition) is 0. The van der Waals surface area contributed by atoms with E-state index in [-0.39, 0.29) is 5.25 Å². The van der Waals surface area contributed by atoms with Gasteiger partial charge in [0.2, 0.25) is 0 Å². The van der Waals surface area contributed by atoms with Crippen LogP contribution in [0.15, 0.2) is 35.2 Å². The van der Waals surface area contributed by atoms with Crippen LogP contribution in [0.5, 0.6) is 0 Å². The van der Waals surface area contributed by atoms with Gasteiger partial charge in [-0.2, -0.15) is 0 Å². The molecule has 0 radical (unpaired) electrons. The summed E-state index contributed by atoms with van der Waals surface area (Å²) in [7, 11) is -2.06. The second-order valence-corrected chi connectivity index (χ2v) is 7.40. The van der Waals surface area contributed by atoms with Crippen LogP contribution in [0.25, 0.3) is 6.08 Å². The fourth-order valence-electron chi connectivity index (χ4n) is 2.66. The lowest BCUT2D eigenvalue weighted by Gasteiger charge is -2.22. The van der Waals surface area contributed by atoms with E-state index in [0.717, 1.165) is 32.1 Å². The molecule has 2 rings (SSSR count). The van der Waals surface area contributed by atoms with Crippen LogP contribution in [0, 0.1) is 0 Å². The van der Waals surface area contributed by atoms with Crippen LogP contribution >= 0.6 is 0 Å². The Hall–Kier alpha value is -1.62. The highest BCUT2D eigenvalue weighted by Crippen LogP contribution is 2.30. The summed E-state index contributed by atoms with van der Waals surface area (Å²) >= 11 is 0. The van der Waals surface area contributed by atoms with Crippen molar-refractivity contribution in [2.24, 2.45) is 0 Å². The number of hydrogen-bond acceptors (Lipinski definition) is 4. The summed E-state index contributed by atoms with van der Waals surface area (Å²) in [5.74, 6) is -0.500. The minimum absolute atomic E-state index is 0.303. The van der Waals surface area contributed by atoms with Crippen molar-refractivity contribution in [3.63, 3.8) is 0 Å². The fraction of sp³-hybridized carbons (Fsp3) is 0.438. The number of ether oxygens (including phenoxy) is 1. The van der Waals surface area contributed by atoms with Crippen LogP contribution in [0.2, 0.25) is 0 Å². The monoisotopic (exact) mass is 308 g/mol. The first-order chi connectivity index (χ1) is 10.1. The van der Waals surface area contributed by atoms with Gasteiger partial charge in [-0.15, -0.1) is 0 Å². The third-order valence-corrected chi connectivity index (χ3v) is 6.15. The molecule has 1 aromatic carbocycles. The Morgan fingerprint density at radius 3 is 2.52 bits per heavy atom. The highest BCUT2D eigenvalue weighted by atomic mass is 32.2. The molecule has 0 spiro atoms. The molecule has 0 amide bonds. The predicted octanol–water partition coefficient (Wildman–Crippen LogP) is 2.98. The van der Waals surface area contributed by atoms with E-state index in [2.05, 4.69) is 4.74 Å². The lowest BCUT2D eigenvalue weighted by atomic mass is 10.0. The van der Waals surface area contributed by atoms with Gasteiger partial charge in [0.05, 0.1) is 17.3 Å². The van der Waals surface area contributed by atoms with Crippen LogP contribution in [0.1, 0.15) is 37.7 Å². The SMILES string of the molecule is COC(=O)/C=C/c1ccccc1S(=O)(=O)C1CCCCC1. The van der Waals surface area contributed by atoms with Crippen LogP contribution in [0.4, 0.5) is 0 Å². The molecule has 0 heterocycles. The molecular formula is C16H20O4S. The van der Waals surface area contributed by atoms with Gasteiger partial charge < -0.3 is 4.74 Å². The summed E-state index contributed by atoms with van der Waals surface area (Å²) in [6, 6.07) is 6.79. The normalized spacial score (nSPS) is 17.0. The summed E-state index contributed by atoms with van der Waals surface area (Å²) < 4.78 is 30.1. The molecule has 0 bridgehead atoms. The topological polar surface area (TPSA) is 60.4 Å². The maximum Gasteiger partial charge on any atom is 0.330 e. The van der Waals surface area contributed by atoms with Crippen LogP contribution in [-0.2, 0) is 19.4 Å². The van der Waals surface area contributed by atoms with E-state index in [1.54, 1.807) is 24.3 Å². The average molecular weight is 308 g/mol. The molecule has 0 N–H and O–H groups in total. The van der Waals surface area contributed by atoms with Crippen molar-refractivity contribution in [1.82, 2.24) is 0 Å². The number of carbonyl (C=O) groups is 1. The quantitative estimate of drug-likeness (QED) is 0.634. The first-order valence-corrected chi connectivity index (χ1v) is 8.69. The average Bonchev–Trinajstić information content (AvgIpc) is 2.53. The smallest absolute Gasteiger partial charge is 0.330 e. The fourth-order valence-corrected chi connectivity index (χ4v) is 4.70. The van der Waals surface area contributed by atoms with Gasteiger partial charge in [0, 0.05) is 6.08 Å². The second-order valence-electron chi connectivity index (χ2n) is 5.20. The van der Waals surface area contributed by atoms with Gasteiger partial charge in [-0.05, 0) is 30.5 Å². The zero-order chi connectivity index (χ0) is 15.3. The molecular weight excluding hydrogens is 288 g/mol.